The van der Waals surface area contributed by atoms with Gasteiger partial charge in [-0.05, 0) is 43.0 Å². The monoisotopic (exact) mass is 309 g/mol. The van der Waals surface area contributed by atoms with Gasteiger partial charge in [-0.2, -0.15) is 0 Å². The number of pyridine rings is 1. The Morgan fingerprint density at radius 2 is 1.91 bits per heavy atom. The van der Waals surface area contributed by atoms with Gasteiger partial charge in [0, 0.05) is 5.92 Å². The molecule has 2 N–H and O–H groups in total. The number of hydrogen-bond donors (Lipinski definition) is 2. The molecule has 1 aromatic carbocycles. The molecule has 0 radical (unpaired) electrons. The highest BCUT2D eigenvalue weighted by Gasteiger charge is 2.29. The van der Waals surface area contributed by atoms with Gasteiger partial charge in [0.25, 0.3) is 0 Å². The van der Waals surface area contributed by atoms with Crippen molar-refractivity contribution in [3.05, 3.63) is 53.7 Å². The molecule has 0 saturated heterocycles. The fourth-order valence-corrected chi connectivity index (χ4v) is 2.30. The molecule has 3 rings (SSSR count). The molecular formula is C18H19N3O2. The lowest BCUT2D eigenvalue weighted by atomic mass is 10.1. The molecule has 23 heavy (non-hydrogen) atoms. The molecule has 2 amide bonds. The van der Waals surface area contributed by atoms with E-state index in [1.54, 1.807) is 18.3 Å². The molecule has 1 saturated carbocycles. The van der Waals surface area contributed by atoms with Crippen LogP contribution in [0, 0.1) is 12.8 Å². The molecule has 1 aliphatic rings. The fraction of sp³-hybridized carbons (Fsp3) is 0.278. The minimum atomic E-state index is -0.0872. The lowest BCUT2D eigenvalue weighted by Gasteiger charge is -2.08. The number of carbonyl (C=O) groups excluding carboxylic acids is 2. The molecule has 118 valence electrons. The van der Waals surface area contributed by atoms with Crippen molar-refractivity contribution in [2.75, 3.05) is 10.6 Å². The summed E-state index contributed by atoms with van der Waals surface area (Å²) in [6.07, 6.45) is 3.79. The SMILES string of the molecule is Cc1ccccc1CC(=O)Nc1ccc(NC(=O)C2CC2)nc1. The summed E-state index contributed by atoms with van der Waals surface area (Å²) in [5.74, 6) is 0.591. The Kier molecular flexibility index (Phi) is 4.37. The van der Waals surface area contributed by atoms with Gasteiger partial charge in [-0.15, -0.1) is 0 Å². The van der Waals surface area contributed by atoms with Gasteiger partial charge >= 0.3 is 0 Å². The molecule has 2 aromatic rings. The van der Waals surface area contributed by atoms with Gasteiger partial charge in [-0.3, -0.25) is 9.59 Å². The minimum absolute atomic E-state index is 0.0221. The first-order chi connectivity index (χ1) is 11.1. The van der Waals surface area contributed by atoms with Crippen molar-refractivity contribution in [2.45, 2.75) is 26.2 Å². The van der Waals surface area contributed by atoms with Crippen LogP contribution in [-0.2, 0) is 16.0 Å². The van der Waals surface area contributed by atoms with Crippen LogP contribution < -0.4 is 10.6 Å². The minimum Gasteiger partial charge on any atom is -0.324 e. The maximum atomic E-state index is 12.1. The Morgan fingerprint density at radius 1 is 1.13 bits per heavy atom. The topological polar surface area (TPSA) is 71.1 Å². The van der Waals surface area contributed by atoms with Crippen LogP contribution in [0.15, 0.2) is 42.6 Å². The number of carbonyl (C=O) groups is 2. The number of amides is 2. The fourth-order valence-electron chi connectivity index (χ4n) is 2.30. The standard InChI is InChI=1S/C18H19N3O2/c1-12-4-2-3-5-14(12)10-17(22)20-15-8-9-16(19-11-15)21-18(23)13-6-7-13/h2-5,8-9,11,13H,6-7,10H2,1H3,(H,20,22)(H,19,21,23). The molecule has 1 aliphatic carbocycles. The van der Waals surface area contributed by atoms with E-state index in [0.29, 0.717) is 17.9 Å². The summed E-state index contributed by atoms with van der Waals surface area (Å²) in [6, 6.07) is 11.3. The van der Waals surface area contributed by atoms with Crippen molar-refractivity contribution in [1.82, 2.24) is 4.98 Å². The number of aromatic nitrogens is 1. The summed E-state index contributed by atoms with van der Waals surface area (Å²) >= 11 is 0. The van der Waals surface area contributed by atoms with Crippen LogP contribution >= 0.6 is 0 Å². The Morgan fingerprint density at radius 3 is 2.57 bits per heavy atom. The summed E-state index contributed by atoms with van der Waals surface area (Å²) < 4.78 is 0. The summed E-state index contributed by atoms with van der Waals surface area (Å²) in [4.78, 5) is 27.9. The van der Waals surface area contributed by atoms with E-state index in [1.807, 2.05) is 31.2 Å². The number of anilines is 2. The van der Waals surface area contributed by atoms with Crippen molar-refractivity contribution < 1.29 is 9.59 Å². The second kappa shape index (κ2) is 6.60. The first-order valence-corrected chi connectivity index (χ1v) is 7.73. The van der Waals surface area contributed by atoms with Crippen molar-refractivity contribution in [3.63, 3.8) is 0 Å². The lowest BCUT2D eigenvalue weighted by molar-refractivity contribution is -0.117. The van der Waals surface area contributed by atoms with Crippen LogP contribution in [0.5, 0.6) is 0 Å². The lowest BCUT2D eigenvalue weighted by Crippen LogP contribution is -2.16. The van der Waals surface area contributed by atoms with E-state index in [2.05, 4.69) is 15.6 Å². The van der Waals surface area contributed by atoms with Gasteiger partial charge in [0.2, 0.25) is 11.8 Å². The van der Waals surface area contributed by atoms with E-state index in [4.69, 9.17) is 0 Å². The van der Waals surface area contributed by atoms with Gasteiger partial charge in [-0.25, -0.2) is 4.98 Å². The maximum absolute atomic E-state index is 12.1. The number of rotatable bonds is 5. The van der Waals surface area contributed by atoms with E-state index in [1.165, 1.54) is 0 Å². The quantitative estimate of drug-likeness (QED) is 0.892. The van der Waals surface area contributed by atoms with Crippen molar-refractivity contribution in [2.24, 2.45) is 5.92 Å². The zero-order valence-corrected chi connectivity index (χ0v) is 13.0. The van der Waals surface area contributed by atoms with Gasteiger partial charge in [-0.1, -0.05) is 24.3 Å². The third-order valence-electron chi connectivity index (χ3n) is 3.86. The normalized spacial score (nSPS) is 13.4. The highest BCUT2D eigenvalue weighted by atomic mass is 16.2. The number of hydrogen-bond acceptors (Lipinski definition) is 3. The zero-order valence-electron chi connectivity index (χ0n) is 13.0. The van der Waals surface area contributed by atoms with Crippen molar-refractivity contribution in [1.29, 1.82) is 0 Å². The summed E-state index contributed by atoms with van der Waals surface area (Å²) in [5, 5.41) is 5.59. The molecule has 1 fully saturated rings. The van der Waals surface area contributed by atoms with Crippen LogP contribution in [0.1, 0.15) is 24.0 Å². The third kappa shape index (κ3) is 4.16. The molecule has 1 aromatic heterocycles. The van der Waals surface area contributed by atoms with Gasteiger partial charge in [0.15, 0.2) is 0 Å². The Labute approximate surface area is 135 Å². The van der Waals surface area contributed by atoms with Gasteiger partial charge in [0.1, 0.15) is 5.82 Å². The second-order valence-corrected chi connectivity index (χ2v) is 5.85. The van der Waals surface area contributed by atoms with Crippen LogP contribution in [-0.4, -0.2) is 16.8 Å². The molecule has 5 nitrogen and oxygen atoms in total. The van der Waals surface area contributed by atoms with E-state index in [-0.39, 0.29) is 17.7 Å². The maximum Gasteiger partial charge on any atom is 0.228 e. The van der Waals surface area contributed by atoms with Crippen LogP contribution in [0.3, 0.4) is 0 Å². The number of nitrogens with zero attached hydrogens (tertiary/aromatic N) is 1. The van der Waals surface area contributed by atoms with E-state index in [0.717, 1.165) is 24.0 Å². The predicted molar refractivity (Wildman–Crippen MR) is 89.1 cm³/mol. The van der Waals surface area contributed by atoms with Gasteiger partial charge < -0.3 is 10.6 Å². The summed E-state index contributed by atoms with van der Waals surface area (Å²) in [7, 11) is 0. The molecule has 0 aliphatic heterocycles. The van der Waals surface area contributed by atoms with E-state index in [9.17, 15) is 9.59 Å². The Hall–Kier alpha value is -2.69. The number of nitrogens with one attached hydrogen (secondary N) is 2. The third-order valence-corrected chi connectivity index (χ3v) is 3.86. The Balaban J connectivity index is 1.56. The molecular weight excluding hydrogens is 290 g/mol. The highest BCUT2D eigenvalue weighted by molar-refractivity contribution is 5.94. The molecule has 0 spiro atoms. The Bertz CT molecular complexity index is 721. The molecule has 5 heteroatoms. The molecule has 0 atom stereocenters. The number of benzene rings is 1. The van der Waals surface area contributed by atoms with E-state index < -0.39 is 0 Å². The second-order valence-electron chi connectivity index (χ2n) is 5.85. The number of aryl methyl sites for hydroxylation is 1. The van der Waals surface area contributed by atoms with Crippen LogP contribution in [0.4, 0.5) is 11.5 Å². The van der Waals surface area contributed by atoms with Crippen LogP contribution in [0.25, 0.3) is 0 Å². The highest BCUT2D eigenvalue weighted by Crippen LogP contribution is 2.29. The average molecular weight is 309 g/mol. The van der Waals surface area contributed by atoms with Crippen molar-refractivity contribution >= 4 is 23.3 Å². The van der Waals surface area contributed by atoms with E-state index >= 15 is 0 Å². The average Bonchev–Trinajstić information content (AvgIpc) is 3.36. The smallest absolute Gasteiger partial charge is 0.228 e. The first-order valence-electron chi connectivity index (χ1n) is 7.73. The predicted octanol–water partition coefficient (Wildman–Crippen LogP) is 2.92. The van der Waals surface area contributed by atoms with Crippen molar-refractivity contribution in [3.8, 4) is 0 Å². The largest absolute Gasteiger partial charge is 0.324 e. The first kappa shape index (κ1) is 15.2. The summed E-state index contributed by atoms with van der Waals surface area (Å²) in [5.41, 5.74) is 2.72. The van der Waals surface area contributed by atoms with Gasteiger partial charge in [0.05, 0.1) is 18.3 Å². The summed E-state index contributed by atoms with van der Waals surface area (Å²) in [6.45, 7) is 1.99. The molecule has 1 heterocycles. The molecule has 0 bridgehead atoms. The van der Waals surface area contributed by atoms with Crippen LogP contribution in [0.2, 0.25) is 0 Å². The molecule has 0 unspecified atom stereocenters. The zero-order chi connectivity index (χ0) is 16.2.